The number of sulfonamides is 1. The average Bonchev–Trinajstić information content (AvgIpc) is 2.80. The van der Waals surface area contributed by atoms with E-state index < -0.39 is 10.0 Å². The Morgan fingerprint density at radius 2 is 1.76 bits per heavy atom. The summed E-state index contributed by atoms with van der Waals surface area (Å²) in [5, 5.41) is 0. The van der Waals surface area contributed by atoms with E-state index in [-0.39, 0.29) is 35.3 Å². The number of para-hydroxylation sites is 2. The molecule has 1 amide bonds. The van der Waals surface area contributed by atoms with Gasteiger partial charge in [-0.25, -0.2) is 12.8 Å². The van der Waals surface area contributed by atoms with Crippen LogP contribution in [0.3, 0.4) is 0 Å². The number of rotatable bonds is 9. The molecule has 9 heteroatoms. The molecule has 0 aromatic heterocycles. The molecule has 0 saturated carbocycles. The normalized spacial score (nSPS) is 11.0. The van der Waals surface area contributed by atoms with E-state index in [4.69, 9.17) is 9.47 Å². The molecule has 0 saturated heterocycles. The molecular weight excluding hydrogens is 447 g/mol. The topological polar surface area (TPSA) is 84.9 Å². The van der Waals surface area contributed by atoms with Gasteiger partial charge in [0.1, 0.15) is 23.9 Å². The van der Waals surface area contributed by atoms with Crippen molar-refractivity contribution in [3.8, 4) is 11.5 Å². The molecule has 0 fully saturated rings. The molecule has 0 bridgehead atoms. The molecule has 1 N–H and O–H groups in total. The van der Waals surface area contributed by atoms with Crippen LogP contribution < -0.4 is 14.2 Å². The number of methoxy groups -OCH3 is 1. The highest BCUT2D eigenvalue weighted by Crippen LogP contribution is 2.27. The van der Waals surface area contributed by atoms with Gasteiger partial charge in [-0.2, -0.15) is 0 Å². The quantitative estimate of drug-likeness (QED) is 0.507. The minimum absolute atomic E-state index is 0.00443. The largest absolute Gasteiger partial charge is 0.495 e. The molecule has 3 rings (SSSR count). The highest BCUT2D eigenvalue weighted by Gasteiger charge is 2.22. The molecule has 0 heterocycles. The van der Waals surface area contributed by atoms with Crippen LogP contribution in [0.15, 0.2) is 71.6 Å². The average molecular weight is 473 g/mol. The molecule has 0 unspecified atom stereocenters. The molecule has 3 aromatic carbocycles. The monoisotopic (exact) mass is 472 g/mol. The summed E-state index contributed by atoms with van der Waals surface area (Å²) in [6.45, 7) is 2.11. The molecule has 3 aromatic rings. The highest BCUT2D eigenvalue weighted by atomic mass is 32.2. The number of halogens is 1. The van der Waals surface area contributed by atoms with Gasteiger partial charge in [0.05, 0.1) is 24.2 Å². The van der Waals surface area contributed by atoms with Gasteiger partial charge in [0, 0.05) is 12.6 Å². The number of carbonyl (C=O) groups is 1. The van der Waals surface area contributed by atoms with Gasteiger partial charge in [-0.1, -0.05) is 18.2 Å². The Bertz CT molecular complexity index is 1230. The van der Waals surface area contributed by atoms with E-state index in [2.05, 4.69) is 4.72 Å². The Balaban J connectivity index is 1.72. The Morgan fingerprint density at radius 1 is 1.06 bits per heavy atom. The summed E-state index contributed by atoms with van der Waals surface area (Å²) in [6, 6.07) is 16.8. The van der Waals surface area contributed by atoms with Crippen LogP contribution in [0, 0.1) is 12.7 Å². The van der Waals surface area contributed by atoms with Crippen molar-refractivity contribution in [2.24, 2.45) is 0 Å². The third-order valence-corrected chi connectivity index (χ3v) is 6.44. The van der Waals surface area contributed by atoms with E-state index in [1.54, 1.807) is 50.4 Å². The highest BCUT2D eigenvalue weighted by molar-refractivity contribution is 7.92. The van der Waals surface area contributed by atoms with Gasteiger partial charge < -0.3 is 14.4 Å². The fraction of sp³-hybridized carbons (Fsp3) is 0.208. The second-order valence-corrected chi connectivity index (χ2v) is 8.97. The van der Waals surface area contributed by atoms with E-state index in [1.165, 1.54) is 42.3 Å². The fourth-order valence-electron chi connectivity index (χ4n) is 3.10. The lowest BCUT2D eigenvalue weighted by atomic mass is 10.1. The van der Waals surface area contributed by atoms with E-state index in [0.717, 1.165) is 0 Å². The van der Waals surface area contributed by atoms with Crippen LogP contribution in [0.1, 0.15) is 15.9 Å². The van der Waals surface area contributed by atoms with Gasteiger partial charge in [0.25, 0.3) is 15.9 Å². The SMILES string of the molecule is COc1ccccc1NS(=O)(=O)c1cc(C(=O)N(C)CCOc2ccc(F)cc2)ccc1C. The second kappa shape index (κ2) is 10.4. The standard InChI is InChI=1S/C24H25FN2O5S/c1-17-8-9-18(24(28)27(2)14-15-32-20-12-10-19(25)11-13-20)16-23(17)33(29,30)26-21-6-4-5-7-22(21)31-3/h4-13,16,26H,14-15H2,1-3H3. The van der Waals surface area contributed by atoms with Crippen molar-refractivity contribution in [1.29, 1.82) is 0 Å². The number of nitrogens with one attached hydrogen (secondary N) is 1. The number of benzene rings is 3. The number of nitrogens with zero attached hydrogens (tertiary/aromatic N) is 1. The molecule has 0 aliphatic rings. The number of amides is 1. The van der Waals surface area contributed by atoms with Crippen molar-refractivity contribution in [2.45, 2.75) is 11.8 Å². The predicted octanol–water partition coefficient (Wildman–Crippen LogP) is 4.09. The maximum Gasteiger partial charge on any atom is 0.262 e. The van der Waals surface area contributed by atoms with Crippen molar-refractivity contribution in [1.82, 2.24) is 4.90 Å². The first-order chi connectivity index (χ1) is 15.7. The number of aryl methyl sites for hydroxylation is 1. The lowest BCUT2D eigenvalue weighted by molar-refractivity contribution is 0.0773. The van der Waals surface area contributed by atoms with Crippen LogP contribution in [0.25, 0.3) is 0 Å². The lowest BCUT2D eigenvalue weighted by Gasteiger charge is -2.19. The Hall–Kier alpha value is -3.59. The lowest BCUT2D eigenvalue weighted by Crippen LogP contribution is -2.31. The molecule has 0 spiro atoms. The van der Waals surface area contributed by atoms with Gasteiger partial charge >= 0.3 is 0 Å². The summed E-state index contributed by atoms with van der Waals surface area (Å²) in [4.78, 5) is 14.3. The number of hydrogen-bond acceptors (Lipinski definition) is 5. The van der Waals surface area contributed by atoms with Crippen LogP contribution in [-0.2, 0) is 10.0 Å². The first kappa shape index (κ1) is 24.1. The van der Waals surface area contributed by atoms with Crippen LogP contribution in [0.4, 0.5) is 10.1 Å². The molecule has 7 nitrogen and oxygen atoms in total. The molecule has 0 atom stereocenters. The zero-order valence-corrected chi connectivity index (χ0v) is 19.4. The molecule has 0 radical (unpaired) electrons. The van der Waals surface area contributed by atoms with Crippen LogP contribution in [-0.4, -0.2) is 46.5 Å². The summed E-state index contributed by atoms with van der Waals surface area (Å²) in [6.07, 6.45) is 0. The van der Waals surface area contributed by atoms with Crippen molar-refractivity contribution < 1.29 is 27.1 Å². The summed E-state index contributed by atoms with van der Waals surface area (Å²) in [5.74, 6) is 0.154. The van der Waals surface area contributed by atoms with Crippen molar-refractivity contribution in [3.05, 3.63) is 83.7 Å². The van der Waals surface area contributed by atoms with Crippen molar-refractivity contribution >= 4 is 21.6 Å². The summed E-state index contributed by atoms with van der Waals surface area (Å²) >= 11 is 0. The van der Waals surface area contributed by atoms with E-state index >= 15 is 0 Å². The maximum absolute atomic E-state index is 13.0. The number of hydrogen-bond donors (Lipinski definition) is 1. The predicted molar refractivity (Wildman–Crippen MR) is 124 cm³/mol. The molecule has 0 aliphatic heterocycles. The minimum atomic E-state index is -3.97. The van der Waals surface area contributed by atoms with Gasteiger partial charge in [0.15, 0.2) is 0 Å². The number of ether oxygens (including phenoxy) is 2. The third kappa shape index (κ3) is 6.01. The Labute approximate surface area is 192 Å². The molecule has 33 heavy (non-hydrogen) atoms. The molecule has 174 valence electrons. The summed E-state index contributed by atoms with van der Waals surface area (Å²) in [7, 11) is -0.924. The Morgan fingerprint density at radius 3 is 2.45 bits per heavy atom. The van der Waals surface area contributed by atoms with Crippen LogP contribution in [0.2, 0.25) is 0 Å². The van der Waals surface area contributed by atoms with Gasteiger partial charge in [-0.05, 0) is 61.0 Å². The zero-order valence-electron chi connectivity index (χ0n) is 18.5. The zero-order chi connectivity index (χ0) is 24.0. The van der Waals surface area contributed by atoms with Gasteiger partial charge in [-0.15, -0.1) is 0 Å². The maximum atomic E-state index is 13.0. The Kier molecular flexibility index (Phi) is 7.55. The third-order valence-electron chi connectivity index (χ3n) is 4.93. The van der Waals surface area contributed by atoms with Crippen molar-refractivity contribution in [3.63, 3.8) is 0 Å². The minimum Gasteiger partial charge on any atom is -0.495 e. The summed E-state index contributed by atoms with van der Waals surface area (Å²) in [5.41, 5.74) is 1.02. The first-order valence-electron chi connectivity index (χ1n) is 10.1. The van der Waals surface area contributed by atoms with E-state index in [9.17, 15) is 17.6 Å². The fourth-order valence-corrected chi connectivity index (χ4v) is 4.45. The van der Waals surface area contributed by atoms with Gasteiger partial charge in [-0.3, -0.25) is 9.52 Å². The van der Waals surface area contributed by atoms with E-state index in [0.29, 0.717) is 22.7 Å². The van der Waals surface area contributed by atoms with Crippen LogP contribution >= 0.6 is 0 Å². The van der Waals surface area contributed by atoms with Crippen molar-refractivity contribution in [2.75, 3.05) is 32.0 Å². The number of likely N-dealkylation sites (N-methyl/N-ethyl adjacent to an activating group) is 1. The number of anilines is 1. The molecule has 0 aliphatic carbocycles. The first-order valence-corrected chi connectivity index (χ1v) is 11.6. The van der Waals surface area contributed by atoms with Gasteiger partial charge in [0.2, 0.25) is 0 Å². The van der Waals surface area contributed by atoms with E-state index in [1.807, 2.05) is 0 Å². The second-order valence-electron chi connectivity index (χ2n) is 7.32. The number of carbonyl (C=O) groups excluding carboxylic acids is 1. The van der Waals surface area contributed by atoms with Crippen LogP contribution in [0.5, 0.6) is 11.5 Å². The smallest absolute Gasteiger partial charge is 0.262 e. The molecular formula is C24H25FN2O5S. The summed E-state index contributed by atoms with van der Waals surface area (Å²) < 4.78 is 52.3.